The molecule has 0 aliphatic heterocycles. The predicted molar refractivity (Wildman–Crippen MR) is 77.3 cm³/mol. The Balaban J connectivity index is 1.48. The minimum Gasteiger partial charge on any atom is -0.343 e. The normalized spacial score (nSPS) is 10.9. The summed E-state index contributed by atoms with van der Waals surface area (Å²) in [4.78, 5) is 6.66. The number of hydrogen-bond donors (Lipinski definition) is 1. The van der Waals surface area contributed by atoms with E-state index in [1.807, 2.05) is 0 Å². The lowest BCUT2D eigenvalue weighted by Gasteiger charge is -1.99. The molecule has 3 aromatic rings. The fourth-order valence-electron chi connectivity index (χ4n) is 1.76. The molecule has 0 bridgehead atoms. The Kier molecular flexibility index (Phi) is 4.02. The highest BCUT2D eigenvalue weighted by Crippen LogP contribution is 2.29. The summed E-state index contributed by atoms with van der Waals surface area (Å²) in [7, 11) is 0. The Morgan fingerprint density at radius 2 is 2.32 bits per heavy atom. The van der Waals surface area contributed by atoms with Gasteiger partial charge in [0.05, 0.1) is 0 Å². The molecule has 0 aliphatic carbocycles. The van der Waals surface area contributed by atoms with Crippen LogP contribution in [0.4, 0.5) is 0 Å². The van der Waals surface area contributed by atoms with Crippen molar-refractivity contribution in [2.75, 3.05) is 6.54 Å². The second-order valence-electron chi connectivity index (χ2n) is 4.05. The van der Waals surface area contributed by atoms with Gasteiger partial charge in [-0.1, -0.05) is 11.2 Å². The van der Waals surface area contributed by atoms with E-state index in [1.165, 1.54) is 21.7 Å². The highest BCUT2D eigenvalue weighted by atomic mass is 32.1. The molecule has 6 heteroatoms. The van der Waals surface area contributed by atoms with Crippen LogP contribution in [0, 0.1) is 0 Å². The van der Waals surface area contributed by atoms with E-state index >= 15 is 0 Å². The second kappa shape index (κ2) is 6.10. The van der Waals surface area contributed by atoms with Crippen molar-refractivity contribution in [3.05, 3.63) is 46.1 Å². The molecule has 3 aromatic heterocycles. The van der Waals surface area contributed by atoms with Gasteiger partial charge in [-0.15, -0.1) is 22.7 Å². The summed E-state index contributed by atoms with van der Waals surface area (Å²) in [5.41, 5.74) is 1.31. The monoisotopic (exact) mass is 291 g/mol. The minimum absolute atomic E-state index is 0.748. The molecule has 4 nitrogen and oxygen atoms in total. The molecule has 0 saturated carbocycles. The zero-order chi connectivity index (χ0) is 12.9. The van der Waals surface area contributed by atoms with Crippen molar-refractivity contribution >= 4 is 22.7 Å². The maximum absolute atomic E-state index is 4.69. The fraction of sp³-hybridized carbons (Fsp3) is 0.231. The number of nitrogens with zero attached hydrogens (tertiary/aromatic N) is 2. The lowest BCUT2D eigenvalue weighted by molar-refractivity contribution is 0.409. The van der Waals surface area contributed by atoms with Crippen molar-refractivity contribution in [2.24, 2.45) is 0 Å². The third kappa shape index (κ3) is 3.28. The van der Waals surface area contributed by atoms with Crippen molar-refractivity contribution < 1.29 is 4.52 Å². The Hall–Kier alpha value is -1.50. The topological polar surface area (TPSA) is 51.0 Å². The molecule has 98 valence electrons. The second-order valence-corrected chi connectivity index (χ2v) is 6.00. The first kappa shape index (κ1) is 12.5. The minimum atomic E-state index is 0.748. The lowest BCUT2D eigenvalue weighted by Crippen LogP contribution is -2.16. The van der Waals surface area contributed by atoms with Crippen LogP contribution in [-0.2, 0) is 13.0 Å². The van der Waals surface area contributed by atoms with Crippen LogP contribution in [0.5, 0.6) is 0 Å². The van der Waals surface area contributed by atoms with Gasteiger partial charge in [-0.2, -0.15) is 4.98 Å². The van der Waals surface area contributed by atoms with Gasteiger partial charge in [-0.05, 0) is 22.9 Å². The molecule has 3 heterocycles. The molecule has 0 radical (unpaired) electrons. The number of rotatable bonds is 6. The summed E-state index contributed by atoms with van der Waals surface area (Å²) >= 11 is 3.57. The Bertz CT molecular complexity index is 602. The Morgan fingerprint density at radius 3 is 3.11 bits per heavy atom. The van der Waals surface area contributed by atoms with Crippen LogP contribution >= 0.6 is 22.7 Å². The summed E-state index contributed by atoms with van der Waals surface area (Å²) in [6.45, 7) is 1.74. The standard InChI is InChI=1S/C13H13N3OS2/c1-2-12(18-5-1)10-6-11(19-8-10)7-14-4-3-13-15-9-17-16-13/h1-2,5-6,8-9,14H,3-4,7H2. The summed E-state index contributed by atoms with van der Waals surface area (Å²) in [6.07, 6.45) is 2.15. The van der Waals surface area contributed by atoms with Crippen molar-refractivity contribution in [3.8, 4) is 10.4 Å². The van der Waals surface area contributed by atoms with Crippen LogP contribution in [0.2, 0.25) is 0 Å². The molecule has 0 saturated heterocycles. The maximum atomic E-state index is 4.69. The van der Waals surface area contributed by atoms with Gasteiger partial charge in [0.25, 0.3) is 0 Å². The molecular formula is C13H13N3OS2. The van der Waals surface area contributed by atoms with Gasteiger partial charge in [-0.25, -0.2) is 0 Å². The first-order chi connectivity index (χ1) is 9.42. The van der Waals surface area contributed by atoms with Crippen LogP contribution in [0.15, 0.2) is 39.9 Å². The third-order valence-corrected chi connectivity index (χ3v) is 4.55. The molecule has 0 amide bonds. The highest BCUT2D eigenvalue weighted by Gasteiger charge is 2.03. The van der Waals surface area contributed by atoms with Crippen LogP contribution in [-0.4, -0.2) is 16.7 Å². The SMILES string of the molecule is c1csc(-c2csc(CNCCc3ncon3)c2)c1. The van der Waals surface area contributed by atoms with E-state index in [0.717, 1.165) is 25.3 Å². The van der Waals surface area contributed by atoms with Gasteiger partial charge in [0.2, 0.25) is 6.39 Å². The van der Waals surface area contributed by atoms with Crippen molar-refractivity contribution in [1.82, 2.24) is 15.5 Å². The third-order valence-electron chi connectivity index (χ3n) is 2.69. The van der Waals surface area contributed by atoms with E-state index in [4.69, 9.17) is 0 Å². The first-order valence-corrected chi connectivity index (χ1v) is 7.75. The smallest absolute Gasteiger partial charge is 0.213 e. The van der Waals surface area contributed by atoms with Crippen molar-refractivity contribution in [3.63, 3.8) is 0 Å². The quantitative estimate of drug-likeness (QED) is 0.709. The van der Waals surface area contributed by atoms with Gasteiger partial charge >= 0.3 is 0 Å². The van der Waals surface area contributed by atoms with E-state index in [9.17, 15) is 0 Å². The van der Waals surface area contributed by atoms with Gasteiger partial charge in [0.15, 0.2) is 5.82 Å². The highest BCUT2D eigenvalue weighted by molar-refractivity contribution is 7.14. The predicted octanol–water partition coefficient (Wildman–Crippen LogP) is 3.19. The van der Waals surface area contributed by atoms with Gasteiger partial charge < -0.3 is 9.84 Å². The van der Waals surface area contributed by atoms with E-state index in [1.54, 1.807) is 22.7 Å². The van der Waals surface area contributed by atoms with E-state index in [2.05, 4.69) is 48.9 Å². The first-order valence-electron chi connectivity index (χ1n) is 5.99. The van der Waals surface area contributed by atoms with Gasteiger partial charge in [0.1, 0.15) is 0 Å². The molecule has 0 unspecified atom stereocenters. The van der Waals surface area contributed by atoms with Crippen LogP contribution in [0.1, 0.15) is 10.7 Å². The molecule has 0 atom stereocenters. The molecule has 3 rings (SSSR count). The molecule has 1 N–H and O–H groups in total. The van der Waals surface area contributed by atoms with Crippen molar-refractivity contribution in [2.45, 2.75) is 13.0 Å². The van der Waals surface area contributed by atoms with E-state index in [0.29, 0.717) is 0 Å². The van der Waals surface area contributed by atoms with Gasteiger partial charge in [0, 0.05) is 34.8 Å². The summed E-state index contributed by atoms with van der Waals surface area (Å²) in [5, 5.41) is 11.5. The van der Waals surface area contributed by atoms with Crippen LogP contribution in [0.25, 0.3) is 10.4 Å². The molecular weight excluding hydrogens is 278 g/mol. The van der Waals surface area contributed by atoms with Crippen molar-refractivity contribution in [1.29, 1.82) is 0 Å². The molecule has 19 heavy (non-hydrogen) atoms. The number of aromatic nitrogens is 2. The average Bonchev–Trinajstić information content (AvgIpc) is 3.15. The van der Waals surface area contributed by atoms with Crippen LogP contribution in [0.3, 0.4) is 0 Å². The summed E-state index contributed by atoms with van der Waals surface area (Å²) in [5.74, 6) is 0.748. The maximum Gasteiger partial charge on any atom is 0.213 e. The lowest BCUT2D eigenvalue weighted by atomic mass is 10.2. The zero-order valence-electron chi connectivity index (χ0n) is 10.2. The number of nitrogens with one attached hydrogen (secondary N) is 1. The molecule has 0 aliphatic rings. The molecule has 0 aromatic carbocycles. The Labute approximate surface area is 119 Å². The average molecular weight is 291 g/mol. The van der Waals surface area contributed by atoms with Crippen LogP contribution < -0.4 is 5.32 Å². The number of hydrogen-bond acceptors (Lipinski definition) is 6. The molecule has 0 fully saturated rings. The summed E-state index contributed by atoms with van der Waals surface area (Å²) < 4.78 is 4.69. The summed E-state index contributed by atoms with van der Waals surface area (Å²) in [6, 6.07) is 6.48. The zero-order valence-corrected chi connectivity index (χ0v) is 11.8. The Morgan fingerprint density at radius 1 is 1.32 bits per heavy atom. The van der Waals surface area contributed by atoms with E-state index < -0.39 is 0 Å². The molecule has 0 spiro atoms. The van der Waals surface area contributed by atoms with E-state index in [-0.39, 0.29) is 0 Å². The fourth-order valence-corrected chi connectivity index (χ4v) is 3.40. The van der Waals surface area contributed by atoms with Gasteiger partial charge in [-0.3, -0.25) is 0 Å². The largest absolute Gasteiger partial charge is 0.343 e. The number of thiophene rings is 2.